The van der Waals surface area contributed by atoms with Crippen molar-refractivity contribution >= 4 is 15.7 Å². The third-order valence-corrected chi connectivity index (χ3v) is 5.78. The summed E-state index contributed by atoms with van der Waals surface area (Å²) in [7, 11) is -3.02. The Morgan fingerprint density at radius 2 is 2.00 bits per heavy atom. The number of rotatable bonds is 3. The normalized spacial score (nSPS) is 22.6. The molecule has 0 saturated heterocycles. The van der Waals surface area contributed by atoms with E-state index in [1.807, 2.05) is 13.8 Å². The Kier molecular flexibility index (Phi) is 4.47. The minimum atomic E-state index is -3.02. The Morgan fingerprint density at radius 1 is 1.29 bits per heavy atom. The average Bonchev–Trinajstić information content (AvgIpc) is 2.43. The summed E-state index contributed by atoms with van der Waals surface area (Å²) >= 11 is 0. The van der Waals surface area contributed by atoms with Crippen LogP contribution in [0.15, 0.2) is 0 Å². The van der Waals surface area contributed by atoms with E-state index in [1.54, 1.807) is 0 Å². The van der Waals surface area contributed by atoms with Gasteiger partial charge in [0.1, 0.15) is 21.5 Å². The number of aromatic nitrogens is 2. The molecule has 1 saturated carbocycles. The number of hydrogen-bond donors (Lipinski definition) is 1. The summed E-state index contributed by atoms with van der Waals surface area (Å²) in [4.78, 5) is 0. The van der Waals surface area contributed by atoms with Gasteiger partial charge >= 0.3 is 0 Å². The van der Waals surface area contributed by atoms with E-state index in [1.165, 1.54) is 6.26 Å². The van der Waals surface area contributed by atoms with Gasteiger partial charge in [-0.05, 0) is 38.7 Å². The second-order valence-electron chi connectivity index (χ2n) is 5.71. The second-order valence-corrected chi connectivity index (χ2v) is 8.03. The molecular weight excluding hydrogens is 288 g/mol. The fourth-order valence-corrected chi connectivity index (χ4v) is 3.88. The van der Waals surface area contributed by atoms with Crippen molar-refractivity contribution in [3.05, 3.63) is 16.8 Å². The lowest BCUT2D eigenvalue weighted by Crippen LogP contribution is -2.34. The van der Waals surface area contributed by atoms with Crippen molar-refractivity contribution in [3.8, 4) is 6.07 Å². The first-order chi connectivity index (χ1) is 9.82. The highest BCUT2D eigenvalue weighted by atomic mass is 32.2. The van der Waals surface area contributed by atoms with Gasteiger partial charge in [-0.1, -0.05) is 6.42 Å². The maximum atomic E-state index is 11.7. The zero-order valence-corrected chi connectivity index (χ0v) is 13.4. The van der Waals surface area contributed by atoms with E-state index in [0.29, 0.717) is 24.2 Å². The first-order valence-electron chi connectivity index (χ1n) is 7.02. The third-order valence-electron chi connectivity index (χ3n) is 4.14. The molecule has 1 heterocycles. The van der Waals surface area contributed by atoms with E-state index in [2.05, 4.69) is 21.6 Å². The lowest BCUT2D eigenvalue weighted by molar-refractivity contribution is 0.452. The van der Waals surface area contributed by atoms with Gasteiger partial charge in [0.05, 0.1) is 10.9 Å². The lowest BCUT2D eigenvalue weighted by atomic mass is 9.94. The van der Waals surface area contributed by atoms with Gasteiger partial charge in [0.25, 0.3) is 0 Å². The topological polar surface area (TPSA) is 95.7 Å². The first kappa shape index (κ1) is 15.7. The Balaban J connectivity index is 2.19. The van der Waals surface area contributed by atoms with Crippen molar-refractivity contribution in [2.75, 3.05) is 11.6 Å². The third kappa shape index (κ3) is 3.50. The quantitative estimate of drug-likeness (QED) is 0.913. The van der Waals surface area contributed by atoms with Crippen LogP contribution < -0.4 is 5.32 Å². The van der Waals surface area contributed by atoms with Gasteiger partial charge in [-0.15, -0.1) is 5.10 Å². The fraction of sp³-hybridized carbons (Fsp3) is 0.643. The van der Waals surface area contributed by atoms with Crippen molar-refractivity contribution in [2.45, 2.75) is 50.8 Å². The van der Waals surface area contributed by atoms with Gasteiger partial charge in [-0.25, -0.2) is 8.42 Å². The maximum absolute atomic E-state index is 11.7. The summed E-state index contributed by atoms with van der Waals surface area (Å²) in [5.41, 5.74) is 2.03. The van der Waals surface area contributed by atoms with Crippen molar-refractivity contribution in [1.82, 2.24) is 10.2 Å². The number of anilines is 1. The molecule has 1 N–H and O–H groups in total. The van der Waals surface area contributed by atoms with E-state index < -0.39 is 9.84 Å². The highest BCUT2D eigenvalue weighted by Gasteiger charge is 2.29. The molecule has 1 aliphatic carbocycles. The van der Waals surface area contributed by atoms with Gasteiger partial charge in [-0.2, -0.15) is 10.4 Å². The molecule has 0 amide bonds. The van der Waals surface area contributed by atoms with Gasteiger partial charge in [0.2, 0.25) is 0 Å². The number of nitrogens with one attached hydrogen (secondary N) is 1. The molecule has 7 heteroatoms. The Hall–Kier alpha value is -1.68. The highest BCUT2D eigenvalue weighted by Crippen LogP contribution is 2.27. The van der Waals surface area contributed by atoms with Crippen LogP contribution in [0.2, 0.25) is 0 Å². The van der Waals surface area contributed by atoms with Gasteiger partial charge < -0.3 is 5.32 Å². The molecule has 0 bridgehead atoms. The van der Waals surface area contributed by atoms with Crippen LogP contribution in [-0.2, 0) is 9.84 Å². The Morgan fingerprint density at radius 3 is 2.62 bits per heavy atom. The molecule has 21 heavy (non-hydrogen) atoms. The summed E-state index contributed by atoms with van der Waals surface area (Å²) in [5, 5.41) is 20.3. The standard InChI is InChI=1S/C14H20N4O2S/c1-9-10(2)17-18-14(13(9)8-15)16-11-5-4-6-12(7-11)21(3,19)20/h11-12H,4-7H2,1-3H3,(H,16,18). The smallest absolute Gasteiger partial charge is 0.167 e. The average molecular weight is 308 g/mol. The SMILES string of the molecule is Cc1nnc(NC2CCCC(S(C)(=O)=O)C2)c(C#N)c1C. The molecular formula is C14H20N4O2S. The van der Waals surface area contributed by atoms with Crippen LogP contribution in [0.1, 0.15) is 42.5 Å². The summed E-state index contributed by atoms with van der Waals surface area (Å²) in [6, 6.07) is 2.17. The molecule has 0 radical (unpaired) electrons. The number of nitrogens with zero attached hydrogens (tertiary/aromatic N) is 3. The van der Waals surface area contributed by atoms with Crippen LogP contribution in [0.3, 0.4) is 0 Å². The predicted molar refractivity (Wildman–Crippen MR) is 80.7 cm³/mol. The summed E-state index contributed by atoms with van der Waals surface area (Å²) in [5.74, 6) is 0.458. The molecule has 1 aliphatic rings. The molecule has 0 aromatic carbocycles. The molecule has 114 valence electrons. The van der Waals surface area contributed by atoms with E-state index in [4.69, 9.17) is 0 Å². The van der Waals surface area contributed by atoms with Crippen molar-refractivity contribution in [2.24, 2.45) is 0 Å². The predicted octanol–water partition coefficient (Wildman–Crippen LogP) is 1.73. The second kappa shape index (κ2) is 5.98. The lowest BCUT2D eigenvalue weighted by Gasteiger charge is -2.29. The molecule has 1 aromatic heterocycles. The van der Waals surface area contributed by atoms with E-state index >= 15 is 0 Å². The Labute approximate surface area is 125 Å². The Bertz CT molecular complexity index is 679. The summed E-state index contributed by atoms with van der Waals surface area (Å²) in [6.07, 6.45) is 4.29. The molecule has 1 aromatic rings. The summed E-state index contributed by atoms with van der Waals surface area (Å²) < 4.78 is 23.4. The number of aryl methyl sites for hydroxylation is 1. The van der Waals surface area contributed by atoms with Crippen LogP contribution in [-0.4, -0.2) is 36.2 Å². The molecule has 2 atom stereocenters. The molecule has 0 spiro atoms. The van der Waals surface area contributed by atoms with Crippen LogP contribution >= 0.6 is 0 Å². The fourth-order valence-electron chi connectivity index (χ4n) is 2.70. The minimum absolute atomic E-state index is 0.0157. The number of nitriles is 1. The zero-order chi connectivity index (χ0) is 15.6. The number of sulfone groups is 1. The zero-order valence-electron chi connectivity index (χ0n) is 12.5. The monoisotopic (exact) mass is 308 g/mol. The molecule has 2 rings (SSSR count). The van der Waals surface area contributed by atoms with Crippen LogP contribution in [0.25, 0.3) is 0 Å². The first-order valence-corrected chi connectivity index (χ1v) is 8.97. The maximum Gasteiger partial charge on any atom is 0.167 e. The number of hydrogen-bond acceptors (Lipinski definition) is 6. The van der Waals surface area contributed by atoms with E-state index in [0.717, 1.165) is 24.1 Å². The van der Waals surface area contributed by atoms with Crippen molar-refractivity contribution < 1.29 is 8.42 Å². The minimum Gasteiger partial charge on any atom is -0.365 e. The van der Waals surface area contributed by atoms with Crippen LogP contribution in [0.4, 0.5) is 5.82 Å². The van der Waals surface area contributed by atoms with Crippen LogP contribution in [0, 0.1) is 25.2 Å². The van der Waals surface area contributed by atoms with Crippen molar-refractivity contribution in [3.63, 3.8) is 0 Å². The van der Waals surface area contributed by atoms with E-state index in [9.17, 15) is 13.7 Å². The molecule has 2 unspecified atom stereocenters. The molecule has 6 nitrogen and oxygen atoms in total. The van der Waals surface area contributed by atoms with Gasteiger partial charge in [0, 0.05) is 12.3 Å². The van der Waals surface area contributed by atoms with Gasteiger partial charge in [-0.3, -0.25) is 0 Å². The van der Waals surface area contributed by atoms with Crippen molar-refractivity contribution in [1.29, 1.82) is 5.26 Å². The summed E-state index contributed by atoms with van der Waals surface area (Å²) in [6.45, 7) is 3.65. The molecule has 0 aliphatic heterocycles. The largest absolute Gasteiger partial charge is 0.365 e. The van der Waals surface area contributed by atoms with E-state index in [-0.39, 0.29) is 11.3 Å². The highest BCUT2D eigenvalue weighted by molar-refractivity contribution is 7.91. The molecule has 1 fully saturated rings. The van der Waals surface area contributed by atoms with Gasteiger partial charge in [0.15, 0.2) is 5.82 Å². The van der Waals surface area contributed by atoms with Crippen LogP contribution in [0.5, 0.6) is 0 Å².